The van der Waals surface area contributed by atoms with Crippen LogP contribution in [0.15, 0.2) is 29.3 Å². The van der Waals surface area contributed by atoms with Gasteiger partial charge in [0, 0.05) is 33.7 Å². The topological polar surface area (TPSA) is 103 Å². The van der Waals surface area contributed by atoms with Crippen molar-refractivity contribution < 1.29 is 17.9 Å². The lowest BCUT2D eigenvalue weighted by Crippen LogP contribution is -2.45. The van der Waals surface area contributed by atoms with E-state index in [2.05, 4.69) is 15.0 Å². The van der Waals surface area contributed by atoms with Crippen molar-refractivity contribution in [2.45, 2.75) is 25.1 Å². The van der Waals surface area contributed by atoms with E-state index in [9.17, 15) is 13.2 Å². The number of carbonyl (C=O) groups is 1. The number of carbonyl (C=O) groups excluding carboxylic acids is 1. The summed E-state index contributed by atoms with van der Waals surface area (Å²) < 4.78 is 32.4. The van der Waals surface area contributed by atoms with Gasteiger partial charge in [-0.25, -0.2) is 18.1 Å². The molecule has 1 aliphatic heterocycles. The summed E-state index contributed by atoms with van der Waals surface area (Å²) in [7, 11) is 1.63. The Labute approximate surface area is 196 Å². The molecule has 9 nitrogen and oxygen atoms in total. The van der Waals surface area contributed by atoms with Crippen LogP contribution in [0.5, 0.6) is 5.75 Å². The molecule has 170 valence electrons. The zero-order valence-electron chi connectivity index (χ0n) is 17.9. The molecule has 1 aromatic rings. The fourth-order valence-corrected chi connectivity index (χ4v) is 4.40. The zero-order chi connectivity index (χ0) is 21.4. The average Bonchev–Trinajstić information content (AvgIpc) is 3.19. The second-order valence-corrected chi connectivity index (χ2v) is 9.07. The van der Waals surface area contributed by atoms with Gasteiger partial charge in [0.25, 0.3) is 0 Å². The molecule has 30 heavy (non-hydrogen) atoms. The fourth-order valence-electron chi connectivity index (χ4n) is 2.97. The lowest BCUT2D eigenvalue weighted by Gasteiger charge is -2.23. The van der Waals surface area contributed by atoms with Gasteiger partial charge in [-0.2, -0.15) is 0 Å². The SMILES string of the molecule is CCNS(=O)(=O)C1CCN(C(=NCc2ccc(OC)cc2)NCC(=O)N(C)C)C1.I. The van der Waals surface area contributed by atoms with E-state index in [1.54, 1.807) is 28.1 Å². The van der Waals surface area contributed by atoms with Gasteiger partial charge in [0.15, 0.2) is 5.96 Å². The minimum Gasteiger partial charge on any atom is -0.497 e. The third-order valence-corrected chi connectivity index (χ3v) is 6.65. The molecule has 1 atom stereocenters. The molecule has 0 radical (unpaired) electrons. The third-order valence-electron chi connectivity index (χ3n) is 4.70. The van der Waals surface area contributed by atoms with E-state index in [-0.39, 0.29) is 36.4 Å². The van der Waals surface area contributed by atoms with Gasteiger partial charge in [-0.15, -0.1) is 24.0 Å². The Bertz CT molecular complexity index is 815. The summed E-state index contributed by atoms with van der Waals surface area (Å²) in [6, 6.07) is 7.57. The third kappa shape index (κ3) is 7.58. The summed E-state index contributed by atoms with van der Waals surface area (Å²) in [5.74, 6) is 1.21. The van der Waals surface area contributed by atoms with Crippen LogP contribution >= 0.6 is 24.0 Å². The highest BCUT2D eigenvalue weighted by Gasteiger charge is 2.34. The highest BCUT2D eigenvalue weighted by Crippen LogP contribution is 2.17. The number of likely N-dealkylation sites (tertiary alicyclic amines) is 1. The van der Waals surface area contributed by atoms with Crippen molar-refractivity contribution in [3.63, 3.8) is 0 Å². The van der Waals surface area contributed by atoms with Gasteiger partial charge in [0.2, 0.25) is 15.9 Å². The number of methoxy groups -OCH3 is 1. The van der Waals surface area contributed by atoms with Gasteiger partial charge in [-0.1, -0.05) is 19.1 Å². The number of sulfonamides is 1. The highest BCUT2D eigenvalue weighted by molar-refractivity contribution is 14.0. The second-order valence-electron chi connectivity index (χ2n) is 7.03. The second kappa shape index (κ2) is 12.3. The molecule has 0 spiro atoms. The smallest absolute Gasteiger partial charge is 0.241 e. The number of halogens is 1. The predicted molar refractivity (Wildman–Crippen MR) is 129 cm³/mol. The number of hydrogen-bond acceptors (Lipinski definition) is 5. The minimum atomic E-state index is -3.36. The molecule has 0 aromatic heterocycles. The van der Waals surface area contributed by atoms with Gasteiger partial charge in [-0.3, -0.25) is 4.79 Å². The van der Waals surface area contributed by atoms with Crippen LogP contribution in [-0.4, -0.2) is 82.7 Å². The van der Waals surface area contributed by atoms with Crippen molar-refractivity contribution in [2.75, 3.05) is 47.4 Å². The first kappa shape index (κ1) is 26.4. The van der Waals surface area contributed by atoms with E-state index in [0.29, 0.717) is 38.6 Å². The number of likely N-dealkylation sites (N-methyl/N-ethyl adjacent to an activating group) is 1. The molecule has 0 saturated carbocycles. The first-order chi connectivity index (χ1) is 13.8. The molecule has 1 aromatic carbocycles. The first-order valence-electron chi connectivity index (χ1n) is 9.61. The maximum Gasteiger partial charge on any atom is 0.241 e. The number of nitrogens with one attached hydrogen (secondary N) is 2. The molecule has 1 aliphatic rings. The van der Waals surface area contributed by atoms with Crippen molar-refractivity contribution in [3.8, 4) is 5.75 Å². The molecule has 2 N–H and O–H groups in total. The maximum absolute atomic E-state index is 12.3. The van der Waals surface area contributed by atoms with E-state index in [0.717, 1.165) is 11.3 Å². The Hall–Kier alpha value is -1.60. The number of aliphatic imine (C=N–C) groups is 1. The summed E-state index contributed by atoms with van der Waals surface area (Å²) in [4.78, 5) is 20.0. The largest absolute Gasteiger partial charge is 0.497 e. The average molecular weight is 553 g/mol. The van der Waals surface area contributed by atoms with Crippen molar-refractivity contribution in [1.29, 1.82) is 0 Å². The van der Waals surface area contributed by atoms with Crippen LogP contribution in [0.25, 0.3) is 0 Å². The number of hydrogen-bond donors (Lipinski definition) is 2. The summed E-state index contributed by atoms with van der Waals surface area (Å²) in [5.41, 5.74) is 0.986. The van der Waals surface area contributed by atoms with Crippen LogP contribution in [0.4, 0.5) is 0 Å². The highest BCUT2D eigenvalue weighted by atomic mass is 127. The Morgan fingerprint density at radius 3 is 2.53 bits per heavy atom. The van der Waals surface area contributed by atoms with Gasteiger partial charge in [-0.05, 0) is 24.1 Å². The lowest BCUT2D eigenvalue weighted by atomic mass is 10.2. The van der Waals surface area contributed by atoms with Crippen LogP contribution in [0, 0.1) is 0 Å². The number of nitrogens with zero attached hydrogens (tertiary/aromatic N) is 3. The van der Waals surface area contributed by atoms with Crippen molar-refractivity contribution in [1.82, 2.24) is 19.8 Å². The van der Waals surface area contributed by atoms with Crippen LogP contribution in [0.3, 0.4) is 0 Å². The minimum absolute atomic E-state index is 0. The summed E-state index contributed by atoms with van der Waals surface area (Å²) in [6.45, 7) is 3.52. The van der Waals surface area contributed by atoms with Crippen LogP contribution in [0.2, 0.25) is 0 Å². The monoisotopic (exact) mass is 553 g/mol. The Morgan fingerprint density at radius 2 is 1.97 bits per heavy atom. The first-order valence-corrected chi connectivity index (χ1v) is 11.2. The molecular weight excluding hydrogens is 521 g/mol. The molecule has 1 fully saturated rings. The van der Waals surface area contributed by atoms with Crippen LogP contribution in [-0.2, 0) is 21.4 Å². The normalized spacial score (nSPS) is 16.7. The van der Waals surface area contributed by atoms with E-state index in [1.807, 2.05) is 29.2 Å². The quantitative estimate of drug-likeness (QED) is 0.281. The number of guanidine groups is 1. The number of amides is 1. The summed E-state index contributed by atoms with van der Waals surface area (Å²) in [6.07, 6.45) is 0.514. The predicted octanol–water partition coefficient (Wildman–Crippen LogP) is 0.861. The Morgan fingerprint density at radius 1 is 1.30 bits per heavy atom. The summed E-state index contributed by atoms with van der Waals surface area (Å²) >= 11 is 0. The number of benzene rings is 1. The molecule has 0 bridgehead atoms. The molecule has 0 aliphatic carbocycles. The molecule has 1 heterocycles. The molecule has 2 rings (SSSR count). The lowest BCUT2D eigenvalue weighted by molar-refractivity contribution is -0.127. The van der Waals surface area contributed by atoms with E-state index >= 15 is 0 Å². The fraction of sp³-hybridized carbons (Fsp3) is 0.579. The van der Waals surface area contributed by atoms with E-state index in [1.165, 1.54) is 4.90 Å². The standard InChI is InChI=1S/C19H31N5O4S.HI/c1-5-22-29(26,27)17-10-11-24(14-17)19(21-13-18(25)23(2)3)20-12-15-6-8-16(28-4)9-7-15;/h6-9,17,22H,5,10-14H2,1-4H3,(H,20,21);1H. The Balaban J connectivity index is 0.00000450. The maximum atomic E-state index is 12.3. The van der Waals surface area contributed by atoms with Crippen molar-refractivity contribution in [3.05, 3.63) is 29.8 Å². The van der Waals surface area contributed by atoms with Crippen molar-refractivity contribution in [2.24, 2.45) is 4.99 Å². The van der Waals surface area contributed by atoms with Gasteiger partial charge in [0.1, 0.15) is 5.75 Å². The number of ether oxygens (including phenoxy) is 1. The van der Waals surface area contributed by atoms with Crippen LogP contribution < -0.4 is 14.8 Å². The molecular formula is C19H32IN5O4S. The van der Waals surface area contributed by atoms with Crippen LogP contribution in [0.1, 0.15) is 18.9 Å². The molecule has 1 unspecified atom stereocenters. The molecule has 1 amide bonds. The van der Waals surface area contributed by atoms with Crippen molar-refractivity contribution >= 4 is 45.9 Å². The summed E-state index contributed by atoms with van der Waals surface area (Å²) in [5, 5.41) is 2.58. The Kier molecular flexibility index (Phi) is 10.8. The zero-order valence-corrected chi connectivity index (χ0v) is 21.1. The number of rotatable bonds is 8. The van der Waals surface area contributed by atoms with E-state index < -0.39 is 15.3 Å². The van der Waals surface area contributed by atoms with E-state index in [4.69, 9.17) is 4.74 Å². The molecule has 11 heteroatoms. The van der Waals surface area contributed by atoms with Gasteiger partial charge in [0.05, 0.1) is 25.4 Å². The molecule has 1 saturated heterocycles. The van der Waals surface area contributed by atoms with Gasteiger partial charge < -0.3 is 19.9 Å². The van der Waals surface area contributed by atoms with Gasteiger partial charge >= 0.3 is 0 Å².